The second kappa shape index (κ2) is 9.33. The summed E-state index contributed by atoms with van der Waals surface area (Å²) in [6.07, 6.45) is 7.27. The van der Waals surface area contributed by atoms with E-state index in [9.17, 15) is 9.59 Å². The average molecular weight is 362 g/mol. The maximum Gasteiger partial charge on any atom is 0.255 e. The first kappa shape index (κ1) is 18.4. The Labute approximate surface area is 158 Å². The van der Waals surface area contributed by atoms with Crippen LogP contribution in [0, 0.1) is 0 Å². The van der Waals surface area contributed by atoms with Gasteiger partial charge in [-0.2, -0.15) is 0 Å². The van der Waals surface area contributed by atoms with Gasteiger partial charge in [-0.25, -0.2) is 4.98 Å². The van der Waals surface area contributed by atoms with E-state index in [1.54, 1.807) is 61.1 Å². The molecule has 0 fully saturated rings. The zero-order valence-electron chi connectivity index (χ0n) is 15.0. The molecular weight excluding hydrogens is 340 g/mol. The predicted molar refractivity (Wildman–Crippen MR) is 105 cm³/mol. The average Bonchev–Trinajstić information content (AvgIpc) is 3.22. The van der Waals surface area contributed by atoms with Crippen molar-refractivity contribution < 1.29 is 9.59 Å². The lowest BCUT2D eigenvalue weighted by atomic mass is 10.1. The molecule has 1 heterocycles. The number of aryl methyl sites for hydroxylation is 1. The molecular formula is C21H22N4O2. The van der Waals surface area contributed by atoms with Crippen molar-refractivity contribution in [2.24, 2.45) is 0 Å². The first-order chi connectivity index (χ1) is 13.2. The minimum Gasteiger partial charge on any atom is -0.352 e. The smallest absolute Gasteiger partial charge is 0.255 e. The van der Waals surface area contributed by atoms with Gasteiger partial charge in [-0.3, -0.25) is 9.59 Å². The highest BCUT2D eigenvalue weighted by atomic mass is 16.2. The number of rotatable bonds is 8. The summed E-state index contributed by atoms with van der Waals surface area (Å²) in [5.74, 6) is -0.433. The second-order valence-corrected chi connectivity index (χ2v) is 6.13. The number of anilines is 1. The van der Waals surface area contributed by atoms with E-state index in [2.05, 4.69) is 15.6 Å². The van der Waals surface area contributed by atoms with E-state index in [1.165, 1.54) is 0 Å². The molecule has 0 aliphatic carbocycles. The van der Waals surface area contributed by atoms with Gasteiger partial charge in [0.15, 0.2) is 0 Å². The van der Waals surface area contributed by atoms with E-state index >= 15 is 0 Å². The molecule has 0 saturated heterocycles. The Kier molecular flexibility index (Phi) is 6.35. The third-order valence-electron chi connectivity index (χ3n) is 4.14. The Hall–Kier alpha value is -3.41. The second-order valence-electron chi connectivity index (χ2n) is 6.13. The van der Waals surface area contributed by atoms with Crippen molar-refractivity contribution in [3.05, 3.63) is 84.4 Å². The van der Waals surface area contributed by atoms with Gasteiger partial charge in [0, 0.05) is 31.0 Å². The predicted octanol–water partition coefficient (Wildman–Crippen LogP) is 3.35. The summed E-state index contributed by atoms with van der Waals surface area (Å²) < 4.78 is 2.01. The summed E-state index contributed by atoms with van der Waals surface area (Å²) in [6.45, 7) is 1.45. The zero-order chi connectivity index (χ0) is 18.9. The van der Waals surface area contributed by atoms with E-state index in [4.69, 9.17) is 0 Å². The van der Waals surface area contributed by atoms with Crippen LogP contribution >= 0.6 is 0 Å². The molecule has 2 aromatic carbocycles. The highest BCUT2D eigenvalue weighted by molar-refractivity contribution is 6.08. The lowest BCUT2D eigenvalue weighted by Crippen LogP contribution is -2.26. The van der Waals surface area contributed by atoms with Crippen LogP contribution in [-0.2, 0) is 6.54 Å². The number of imidazole rings is 1. The summed E-state index contributed by atoms with van der Waals surface area (Å²) in [5.41, 5.74) is 1.51. The normalized spacial score (nSPS) is 10.4. The van der Waals surface area contributed by atoms with Crippen LogP contribution in [0.5, 0.6) is 0 Å². The van der Waals surface area contributed by atoms with Crippen LogP contribution in [0.4, 0.5) is 5.69 Å². The zero-order valence-corrected chi connectivity index (χ0v) is 15.0. The number of hydrogen-bond donors (Lipinski definition) is 2. The Balaban J connectivity index is 1.53. The SMILES string of the molecule is O=C(Nc1ccccc1C(=O)NCCCCn1ccnc1)c1ccccc1. The summed E-state index contributed by atoms with van der Waals surface area (Å²) in [5, 5.41) is 5.74. The van der Waals surface area contributed by atoms with Crippen LogP contribution in [-0.4, -0.2) is 27.9 Å². The van der Waals surface area contributed by atoms with E-state index in [0.717, 1.165) is 19.4 Å². The van der Waals surface area contributed by atoms with Gasteiger partial charge in [-0.15, -0.1) is 0 Å². The molecule has 0 saturated carbocycles. The van der Waals surface area contributed by atoms with Crippen LogP contribution in [0.3, 0.4) is 0 Å². The molecule has 3 rings (SSSR count). The molecule has 0 aliphatic rings. The number of aromatic nitrogens is 2. The Morgan fingerprint density at radius 2 is 1.70 bits per heavy atom. The van der Waals surface area contributed by atoms with Crippen molar-refractivity contribution in [2.45, 2.75) is 19.4 Å². The van der Waals surface area contributed by atoms with Gasteiger partial charge in [0.25, 0.3) is 11.8 Å². The van der Waals surface area contributed by atoms with E-state index in [1.807, 2.05) is 16.8 Å². The number of amides is 2. The summed E-state index contributed by atoms with van der Waals surface area (Å²) in [4.78, 5) is 28.9. The Morgan fingerprint density at radius 1 is 0.926 bits per heavy atom. The molecule has 0 unspecified atom stereocenters. The van der Waals surface area contributed by atoms with Gasteiger partial charge >= 0.3 is 0 Å². The van der Waals surface area contributed by atoms with Gasteiger partial charge in [-0.1, -0.05) is 30.3 Å². The van der Waals surface area contributed by atoms with Crippen LogP contribution in [0.15, 0.2) is 73.3 Å². The molecule has 2 amide bonds. The summed E-state index contributed by atoms with van der Waals surface area (Å²) in [7, 11) is 0. The van der Waals surface area contributed by atoms with Crippen molar-refractivity contribution in [3.8, 4) is 0 Å². The maximum atomic E-state index is 12.5. The number of benzene rings is 2. The number of hydrogen-bond acceptors (Lipinski definition) is 3. The molecule has 27 heavy (non-hydrogen) atoms. The summed E-state index contributed by atoms with van der Waals surface area (Å²) >= 11 is 0. The molecule has 138 valence electrons. The molecule has 6 heteroatoms. The Bertz CT molecular complexity index is 876. The quantitative estimate of drug-likeness (QED) is 0.604. The topological polar surface area (TPSA) is 76.0 Å². The number of para-hydroxylation sites is 1. The minimum absolute atomic E-state index is 0.193. The standard InChI is InChI=1S/C21H22N4O2/c26-20(17-8-2-1-3-9-17)24-19-11-5-4-10-18(19)21(27)23-12-6-7-14-25-15-13-22-16-25/h1-5,8-11,13,15-16H,6-7,12,14H2,(H,23,27)(H,24,26). The number of carbonyl (C=O) groups excluding carboxylic acids is 2. The molecule has 0 radical (unpaired) electrons. The first-order valence-corrected chi connectivity index (χ1v) is 8.93. The van der Waals surface area contributed by atoms with Gasteiger partial charge in [0.05, 0.1) is 17.6 Å². The monoisotopic (exact) mass is 362 g/mol. The largest absolute Gasteiger partial charge is 0.352 e. The molecule has 0 aliphatic heterocycles. The molecule has 0 spiro atoms. The molecule has 6 nitrogen and oxygen atoms in total. The Morgan fingerprint density at radius 3 is 2.48 bits per heavy atom. The van der Waals surface area contributed by atoms with Crippen molar-refractivity contribution in [3.63, 3.8) is 0 Å². The van der Waals surface area contributed by atoms with Crippen LogP contribution in [0.2, 0.25) is 0 Å². The molecule has 0 atom stereocenters. The third kappa shape index (κ3) is 5.28. The third-order valence-corrected chi connectivity index (χ3v) is 4.14. The van der Waals surface area contributed by atoms with Crippen LogP contribution in [0.25, 0.3) is 0 Å². The van der Waals surface area contributed by atoms with E-state index in [-0.39, 0.29) is 11.8 Å². The van der Waals surface area contributed by atoms with Crippen molar-refractivity contribution >= 4 is 17.5 Å². The minimum atomic E-state index is -0.240. The lowest BCUT2D eigenvalue weighted by Gasteiger charge is -2.11. The fourth-order valence-corrected chi connectivity index (χ4v) is 2.71. The van der Waals surface area contributed by atoms with Crippen LogP contribution in [0.1, 0.15) is 33.6 Å². The number of unbranched alkanes of at least 4 members (excludes halogenated alkanes) is 1. The lowest BCUT2D eigenvalue weighted by molar-refractivity contribution is 0.0953. The van der Waals surface area contributed by atoms with Crippen molar-refractivity contribution in [1.82, 2.24) is 14.9 Å². The number of nitrogens with zero attached hydrogens (tertiary/aromatic N) is 2. The van der Waals surface area contributed by atoms with Gasteiger partial charge < -0.3 is 15.2 Å². The van der Waals surface area contributed by atoms with Gasteiger partial charge in [0.2, 0.25) is 0 Å². The van der Waals surface area contributed by atoms with Gasteiger partial charge in [-0.05, 0) is 37.1 Å². The van der Waals surface area contributed by atoms with E-state index in [0.29, 0.717) is 23.4 Å². The molecule has 2 N–H and O–H groups in total. The fourth-order valence-electron chi connectivity index (χ4n) is 2.71. The number of nitrogens with one attached hydrogen (secondary N) is 2. The molecule has 3 aromatic rings. The highest BCUT2D eigenvalue weighted by Crippen LogP contribution is 2.16. The maximum absolute atomic E-state index is 12.5. The highest BCUT2D eigenvalue weighted by Gasteiger charge is 2.13. The van der Waals surface area contributed by atoms with Crippen molar-refractivity contribution in [2.75, 3.05) is 11.9 Å². The van der Waals surface area contributed by atoms with Gasteiger partial charge in [0.1, 0.15) is 0 Å². The van der Waals surface area contributed by atoms with Crippen molar-refractivity contribution in [1.29, 1.82) is 0 Å². The fraction of sp³-hybridized carbons (Fsp3) is 0.190. The van der Waals surface area contributed by atoms with E-state index < -0.39 is 0 Å². The number of carbonyl (C=O) groups is 2. The molecule has 1 aromatic heterocycles. The first-order valence-electron chi connectivity index (χ1n) is 8.93. The molecule has 0 bridgehead atoms. The summed E-state index contributed by atoms with van der Waals surface area (Å²) in [6, 6.07) is 15.9. The van der Waals surface area contributed by atoms with Crippen LogP contribution < -0.4 is 10.6 Å².